The minimum atomic E-state index is -0.517. The molecule has 2 aromatic carbocycles. The first-order valence-electron chi connectivity index (χ1n) is 10.7. The summed E-state index contributed by atoms with van der Waals surface area (Å²) >= 11 is 7.61. The van der Waals surface area contributed by atoms with Gasteiger partial charge in [0.25, 0.3) is 11.8 Å². The Morgan fingerprint density at radius 2 is 2.00 bits per heavy atom. The van der Waals surface area contributed by atoms with Crippen molar-refractivity contribution in [2.75, 3.05) is 26.8 Å². The summed E-state index contributed by atoms with van der Waals surface area (Å²) in [5.74, 6) is -1.31. The van der Waals surface area contributed by atoms with Gasteiger partial charge in [0.1, 0.15) is 12.4 Å². The third-order valence-electron chi connectivity index (χ3n) is 5.48. The first-order valence-corrected chi connectivity index (χ1v) is 11.9. The van der Waals surface area contributed by atoms with E-state index in [4.69, 9.17) is 16.3 Å². The number of nitrogens with zero attached hydrogens (tertiary/aromatic N) is 3. The summed E-state index contributed by atoms with van der Waals surface area (Å²) in [6, 6.07) is 16.3. The lowest BCUT2D eigenvalue weighted by Crippen LogP contribution is -2.42. The van der Waals surface area contributed by atoms with Crippen molar-refractivity contribution in [3.63, 3.8) is 0 Å². The van der Waals surface area contributed by atoms with Crippen LogP contribution in [0.15, 0.2) is 71.1 Å². The largest absolute Gasteiger partial charge is 0.383 e. The Labute approximate surface area is 206 Å². The monoisotopic (exact) mass is 499 g/mol. The van der Waals surface area contributed by atoms with E-state index in [-0.39, 0.29) is 37.2 Å². The van der Waals surface area contributed by atoms with Crippen molar-refractivity contribution in [3.05, 3.63) is 92.9 Å². The molecule has 0 fully saturated rings. The highest BCUT2D eigenvalue weighted by molar-refractivity contribution is 7.12. The Hall–Kier alpha value is -3.07. The number of ether oxygens (including phenoxy) is 1. The Bertz CT molecular complexity index is 1180. The molecule has 1 atom stereocenters. The number of halogens is 2. The molecule has 1 aromatic heterocycles. The average Bonchev–Trinajstić information content (AvgIpc) is 3.52. The second kappa shape index (κ2) is 10.9. The molecule has 34 heavy (non-hydrogen) atoms. The highest BCUT2D eigenvalue weighted by Gasteiger charge is 2.34. The average molecular weight is 500 g/mol. The van der Waals surface area contributed by atoms with Gasteiger partial charge < -0.3 is 9.64 Å². The van der Waals surface area contributed by atoms with Gasteiger partial charge in [-0.3, -0.25) is 9.59 Å². The van der Waals surface area contributed by atoms with E-state index in [2.05, 4.69) is 5.10 Å². The van der Waals surface area contributed by atoms with E-state index < -0.39 is 11.7 Å². The number of thiophene rings is 1. The maximum atomic E-state index is 13.7. The second-order valence-electron chi connectivity index (χ2n) is 7.76. The molecule has 0 saturated heterocycles. The van der Waals surface area contributed by atoms with Gasteiger partial charge in [0.2, 0.25) is 0 Å². The fourth-order valence-corrected chi connectivity index (χ4v) is 4.62. The van der Waals surface area contributed by atoms with Gasteiger partial charge in [0, 0.05) is 30.7 Å². The molecular weight excluding hydrogens is 477 g/mol. The third-order valence-corrected chi connectivity index (χ3v) is 6.65. The topological polar surface area (TPSA) is 62.2 Å². The normalized spacial score (nSPS) is 15.3. The number of methoxy groups -OCH3 is 1. The van der Waals surface area contributed by atoms with E-state index in [0.717, 1.165) is 22.2 Å². The van der Waals surface area contributed by atoms with Crippen LogP contribution in [0.2, 0.25) is 5.02 Å². The van der Waals surface area contributed by atoms with Gasteiger partial charge in [-0.2, -0.15) is 5.10 Å². The first-order chi connectivity index (χ1) is 16.5. The molecular formula is C25H23ClFN3O3S. The van der Waals surface area contributed by atoms with Crippen LogP contribution in [-0.2, 0) is 9.53 Å². The molecule has 6 nitrogen and oxygen atoms in total. The quantitative estimate of drug-likeness (QED) is 0.438. The van der Waals surface area contributed by atoms with E-state index >= 15 is 0 Å². The molecule has 1 aliphatic heterocycles. The van der Waals surface area contributed by atoms with Crippen molar-refractivity contribution in [1.29, 1.82) is 0 Å². The molecule has 0 unspecified atom stereocenters. The third kappa shape index (κ3) is 5.52. The Balaban J connectivity index is 1.60. The Morgan fingerprint density at radius 1 is 1.21 bits per heavy atom. The van der Waals surface area contributed by atoms with Gasteiger partial charge in [0.15, 0.2) is 0 Å². The lowest BCUT2D eigenvalue weighted by Gasteiger charge is -2.27. The number of hydrogen-bond acceptors (Lipinski definition) is 5. The van der Waals surface area contributed by atoms with Crippen LogP contribution in [0.4, 0.5) is 4.39 Å². The zero-order valence-electron chi connectivity index (χ0n) is 18.5. The van der Waals surface area contributed by atoms with Crippen LogP contribution in [0.1, 0.15) is 33.3 Å². The minimum absolute atomic E-state index is 0.169. The van der Waals surface area contributed by atoms with Crippen LogP contribution in [-0.4, -0.2) is 54.2 Å². The predicted octanol–water partition coefficient (Wildman–Crippen LogP) is 5.01. The van der Waals surface area contributed by atoms with Crippen LogP contribution in [0.25, 0.3) is 0 Å². The molecule has 0 bridgehead atoms. The maximum absolute atomic E-state index is 13.7. The van der Waals surface area contributed by atoms with Gasteiger partial charge in [0.05, 0.1) is 23.2 Å². The number of hydrazone groups is 1. The van der Waals surface area contributed by atoms with Gasteiger partial charge >= 0.3 is 0 Å². The van der Waals surface area contributed by atoms with Gasteiger partial charge in [-0.1, -0.05) is 35.9 Å². The molecule has 4 rings (SSSR count). The standard InChI is InChI=1S/C25H23ClFN3O3S/c1-33-12-11-29(25(32)18-4-2-5-20(27)14-18)16-24(31)30-22(17-7-9-19(26)10-8-17)15-21(28-30)23-6-3-13-34-23/h2-10,13-14,22H,11-12,15-16H2,1H3/t22-/m0/s1. The van der Waals surface area contributed by atoms with Crippen LogP contribution >= 0.6 is 22.9 Å². The Kier molecular flexibility index (Phi) is 7.72. The summed E-state index contributed by atoms with van der Waals surface area (Å²) in [6.07, 6.45) is 0.545. The number of benzene rings is 2. The fraction of sp³-hybridized carbons (Fsp3) is 0.240. The number of carbonyl (C=O) groups is 2. The zero-order valence-corrected chi connectivity index (χ0v) is 20.1. The molecule has 0 aliphatic carbocycles. The van der Waals surface area contributed by atoms with E-state index in [1.807, 2.05) is 29.6 Å². The highest BCUT2D eigenvalue weighted by Crippen LogP contribution is 2.34. The van der Waals surface area contributed by atoms with Crippen molar-refractivity contribution >= 4 is 40.5 Å². The van der Waals surface area contributed by atoms with Crippen molar-refractivity contribution in [1.82, 2.24) is 9.91 Å². The molecule has 0 N–H and O–H groups in total. The van der Waals surface area contributed by atoms with Crippen LogP contribution in [0, 0.1) is 5.82 Å². The van der Waals surface area contributed by atoms with Crippen molar-refractivity contribution < 1.29 is 18.7 Å². The summed E-state index contributed by atoms with van der Waals surface area (Å²) in [6.45, 7) is 0.196. The number of rotatable bonds is 8. The highest BCUT2D eigenvalue weighted by atomic mass is 35.5. The van der Waals surface area contributed by atoms with Crippen molar-refractivity contribution in [2.45, 2.75) is 12.5 Å². The molecule has 3 aromatic rings. The molecule has 176 valence electrons. The van der Waals surface area contributed by atoms with Gasteiger partial charge in [-0.15, -0.1) is 11.3 Å². The fourth-order valence-electron chi connectivity index (χ4n) is 3.77. The minimum Gasteiger partial charge on any atom is -0.383 e. The second-order valence-corrected chi connectivity index (χ2v) is 9.15. The van der Waals surface area contributed by atoms with Crippen LogP contribution in [0.5, 0.6) is 0 Å². The van der Waals surface area contributed by atoms with Crippen molar-refractivity contribution in [2.24, 2.45) is 5.10 Å². The zero-order chi connectivity index (χ0) is 24.1. The maximum Gasteiger partial charge on any atom is 0.262 e. The Morgan fingerprint density at radius 3 is 2.68 bits per heavy atom. The number of hydrogen-bond donors (Lipinski definition) is 0. The molecule has 1 aliphatic rings. The summed E-state index contributed by atoms with van der Waals surface area (Å²) < 4.78 is 18.8. The smallest absolute Gasteiger partial charge is 0.262 e. The van der Waals surface area contributed by atoms with E-state index in [0.29, 0.717) is 11.4 Å². The van der Waals surface area contributed by atoms with E-state index in [1.54, 1.807) is 23.5 Å². The van der Waals surface area contributed by atoms with E-state index in [9.17, 15) is 14.0 Å². The number of amides is 2. The first kappa shape index (κ1) is 24.1. The van der Waals surface area contributed by atoms with Gasteiger partial charge in [-0.25, -0.2) is 9.40 Å². The molecule has 2 amide bonds. The summed E-state index contributed by atoms with van der Waals surface area (Å²) in [7, 11) is 1.52. The molecule has 0 spiro atoms. The summed E-state index contributed by atoms with van der Waals surface area (Å²) in [5, 5.41) is 8.64. The molecule has 0 radical (unpaired) electrons. The predicted molar refractivity (Wildman–Crippen MR) is 131 cm³/mol. The SMILES string of the molecule is COCCN(CC(=O)N1N=C(c2cccs2)C[C@H]1c1ccc(Cl)cc1)C(=O)c1cccc(F)c1. The molecule has 0 saturated carbocycles. The number of carbonyl (C=O) groups excluding carboxylic acids is 2. The van der Waals surface area contributed by atoms with E-state index in [1.165, 1.54) is 35.2 Å². The van der Waals surface area contributed by atoms with Crippen LogP contribution in [0.3, 0.4) is 0 Å². The van der Waals surface area contributed by atoms with Crippen molar-refractivity contribution in [3.8, 4) is 0 Å². The lowest BCUT2D eigenvalue weighted by molar-refractivity contribution is -0.133. The summed E-state index contributed by atoms with van der Waals surface area (Å²) in [4.78, 5) is 28.9. The summed E-state index contributed by atoms with van der Waals surface area (Å²) in [5.41, 5.74) is 1.87. The molecule has 2 heterocycles. The van der Waals surface area contributed by atoms with Gasteiger partial charge in [-0.05, 0) is 47.3 Å². The molecule has 9 heteroatoms. The lowest BCUT2D eigenvalue weighted by atomic mass is 10.0. The van der Waals surface area contributed by atoms with Crippen LogP contribution < -0.4 is 0 Å².